The van der Waals surface area contributed by atoms with Crippen molar-refractivity contribution in [3.05, 3.63) is 0 Å². The third-order valence-electron chi connectivity index (χ3n) is 3.57. The maximum absolute atomic E-state index is 10.2. The van der Waals surface area contributed by atoms with Crippen molar-refractivity contribution in [2.24, 2.45) is 5.73 Å². The molecule has 6 nitrogen and oxygen atoms in total. The van der Waals surface area contributed by atoms with E-state index < -0.39 is 10.3 Å². The zero-order chi connectivity index (χ0) is 13.4. The fraction of sp³-hybridized carbons (Fsp3) is 1.00. The molecule has 0 bridgehead atoms. The summed E-state index contributed by atoms with van der Waals surface area (Å²) in [6, 6.07) is 0.431. The van der Waals surface area contributed by atoms with Crippen LogP contribution >= 0.6 is 0 Å². The normalized spacial score (nSPS) is 20.9. The van der Waals surface area contributed by atoms with E-state index in [0.29, 0.717) is 6.04 Å². The number of nitrogens with two attached hydrogens (primary N) is 1. The molecule has 0 aliphatic heterocycles. The van der Waals surface area contributed by atoms with Gasteiger partial charge in [-0.2, -0.15) is 0 Å². The average molecular weight is 498 g/mol. The summed E-state index contributed by atoms with van der Waals surface area (Å²) in [5.41, 5.74) is 5.63. The summed E-state index contributed by atoms with van der Waals surface area (Å²) in [4.78, 5) is 0. The molecule has 0 aromatic heterocycles. The Bertz CT molecular complexity index is 315. The summed E-state index contributed by atoms with van der Waals surface area (Å²) in [7, 11) is -4.22. The molecule has 119 valence electrons. The zero-order valence-electron chi connectivity index (χ0n) is 11.9. The minimum Gasteiger partial charge on any atom is -2.00 e. The second-order valence-corrected chi connectivity index (χ2v) is 6.45. The molecule has 0 amide bonds. The van der Waals surface area contributed by atoms with Crippen molar-refractivity contribution < 1.29 is 18.4 Å². The van der Waals surface area contributed by atoms with Crippen molar-refractivity contribution in [3.8, 4) is 0 Å². The first-order valence-corrected chi connectivity index (χ1v) is 8.37. The van der Waals surface area contributed by atoms with Gasteiger partial charge in [-0.15, -0.1) is 0 Å². The summed E-state index contributed by atoms with van der Waals surface area (Å²) in [5.74, 6) is 0. The van der Waals surface area contributed by atoms with Crippen LogP contribution in [0.2, 0.25) is 0 Å². The van der Waals surface area contributed by atoms with E-state index in [9.17, 15) is 13.0 Å². The van der Waals surface area contributed by atoms with E-state index in [4.69, 9.17) is 5.73 Å². The smallest absolute Gasteiger partial charge is 0.159 e. The monoisotopic (exact) mass is 498 g/mol. The number of nitrogens with one attached hydrogen (secondary N) is 1. The van der Waals surface area contributed by atoms with E-state index in [-0.39, 0.29) is 38.8 Å². The number of rotatable bonds is 2. The molecule has 0 heterocycles. The molecule has 0 aromatic rings. The van der Waals surface area contributed by atoms with Gasteiger partial charge in [-0.3, -0.25) is 0 Å². The molecular formula is C12H25N2O4STl-3. The molecule has 0 atom stereocenters. The van der Waals surface area contributed by atoms with Crippen LogP contribution in [0.3, 0.4) is 0 Å². The van der Waals surface area contributed by atoms with E-state index in [0.717, 1.165) is 32.1 Å². The van der Waals surface area contributed by atoms with Crippen LogP contribution in [-0.2, 0) is 15.8 Å². The minimum absolute atomic E-state index is 0. The Hall–Kier alpha value is 0.712. The quantitative estimate of drug-likeness (QED) is 0.439. The van der Waals surface area contributed by atoms with E-state index in [1.165, 1.54) is 32.1 Å². The summed E-state index contributed by atoms with van der Waals surface area (Å²) < 4.78 is 32.8. The molecule has 20 heavy (non-hydrogen) atoms. The molecule has 0 spiro atoms. The van der Waals surface area contributed by atoms with Gasteiger partial charge in [0.05, 0.1) is 0 Å². The summed E-state index contributed by atoms with van der Waals surface area (Å²) in [6.45, 7) is 0. The molecule has 2 aliphatic carbocycles. The van der Waals surface area contributed by atoms with Gasteiger partial charge >= 0.3 is 0 Å². The van der Waals surface area contributed by atoms with Crippen LogP contribution in [0.4, 0.5) is 0 Å². The van der Waals surface area contributed by atoms with Crippen molar-refractivity contribution in [2.75, 3.05) is 0 Å². The molecule has 1 radical (unpaired) electrons. The largest absolute Gasteiger partial charge is 2.00 e. The van der Waals surface area contributed by atoms with Gasteiger partial charge in [-0.05, 0) is 25.7 Å². The Morgan fingerprint density at radius 1 is 0.900 bits per heavy atom. The fourth-order valence-electron chi connectivity index (χ4n) is 2.56. The Balaban J connectivity index is 0. The summed E-state index contributed by atoms with van der Waals surface area (Å²) in [5, 5.41) is 0. The van der Waals surface area contributed by atoms with E-state index in [1.54, 1.807) is 0 Å². The Morgan fingerprint density at radius 3 is 1.60 bits per heavy atom. The standard InChI is InChI=1S/C6H13NO3S.C6H13N.O.Tl/c8-11(9,10)7-6-4-2-1-3-5-6;7-6-4-2-1-3-5-6;;/h6-7H,1-5H2,(H,8,9,10);6H,1-5,7H2;;/q;;-2;/p-1. The van der Waals surface area contributed by atoms with Crippen LogP contribution in [0.5, 0.6) is 0 Å². The molecule has 2 fully saturated rings. The Morgan fingerprint density at radius 2 is 1.30 bits per heavy atom. The third-order valence-corrected chi connectivity index (χ3v) is 4.19. The van der Waals surface area contributed by atoms with Gasteiger partial charge in [0, 0.05) is 39.4 Å². The predicted octanol–water partition coefficient (Wildman–Crippen LogP) is 1.15. The van der Waals surface area contributed by atoms with Crippen molar-refractivity contribution in [2.45, 2.75) is 76.3 Å². The Kier molecular flexibility index (Phi) is 14.1. The van der Waals surface area contributed by atoms with Crippen LogP contribution in [0.25, 0.3) is 0 Å². The van der Waals surface area contributed by atoms with Crippen LogP contribution in [0.1, 0.15) is 64.2 Å². The van der Waals surface area contributed by atoms with Crippen molar-refractivity contribution >= 4 is 37.6 Å². The molecule has 8 heteroatoms. The zero-order valence-corrected chi connectivity index (χ0v) is 17.2. The first-order valence-electron chi connectivity index (χ1n) is 6.96. The van der Waals surface area contributed by atoms with Crippen molar-refractivity contribution in [3.63, 3.8) is 0 Å². The molecule has 3 N–H and O–H groups in total. The van der Waals surface area contributed by atoms with E-state index in [1.807, 2.05) is 0 Å². The van der Waals surface area contributed by atoms with Gasteiger partial charge in [-0.1, -0.05) is 38.5 Å². The van der Waals surface area contributed by atoms with Gasteiger partial charge in [-0.25, -0.2) is 13.1 Å². The van der Waals surface area contributed by atoms with Crippen LogP contribution < -0.4 is 10.5 Å². The first kappa shape index (κ1) is 23.0. The van der Waals surface area contributed by atoms with E-state index >= 15 is 0 Å². The predicted molar refractivity (Wildman–Crippen MR) is 77.2 cm³/mol. The van der Waals surface area contributed by atoms with Crippen molar-refractivity contribution in [1.82, 2.24) is 4.72 Å². The fourth-order valence-corrected chi connectivity index (χ4v) is 3.20. The average Bonchev–Trinajstić information content (AvgIpc) is 2.30. The topological polar surface area (TPSA) is 124 Å². The molecule has 2 saturated carbocycles. The molecule has 2 rings (SSSR count). The van der Waals surface area contributed by atoms with Gasteiger partial charge in [0.2, 0.25) is 0 Å². The van der Waals surface area contributed by atoms with Gasteiger partial charge in [0.15, 0.2) is 10.3 Å². The molecule has 0 unspecified atom stereocenters. The van der Waals surface area contributed by atoms with Gasteiger partial charge in [0.1, 0.15) is 0 Å². The van der Waals surface area contributed by atoms with Crippen LogP contribution in [0.15, 0.2) is 0 Å². The van der Waals surface area contributed by atoms with Crippen LogP contribution in [-0.4, -0.2) is 52.4 Å². The molecule has 0 saturated heterocycles. The van der Waals surface area contributed by atoms with Gasteiger partial charge in [0.25, 0.3) is 0 Å². The summed E-state index contributed by atoms with van der Waals surface area (Å²) in [6.07, 6.45) is 11.5. The van der Waals surface area contributed by atoms with Crippen molar-refractivity contribution in [1.29, 1.82) is 0 Å². The van der Waals surface area contributed by atoms with Crippen LogP contribution in [0, 0.1) is 0 Å². The van der Waals surface area contributed by atoms with E-state index in [2.05, 4.69) is 4.72 Å². The Labute approximate surface area is 142 Å². The number of hydrogen-bond donors (Lipinski definition) is 2. The maximum atomic E-state index is 10.2. The first-order chi connectivity index (χ1) is 8.47. The molecule has 2 aliphatic rings. The second-order valence-electron chi connectivity index (χ2n) is 5.30. The second kappa shape index (κ2) is 12.3. The third kappa shape index (κ3) is 12.5. The maximum Gasteiger partial charge on any atom is 0.159 e. The number of hydrogen-bond acceptors (Lipinski definition) is 4. The molecular weight excluding hydrogens is 473 g/mol. The SMILES string of the molecule is NC1CCCCC1.O=S(=O)([O-])NC1CCCCC1.[O-2].[Tl]. The molecule has 0 aromatic carbocycles. The minimum atomic E-state index is -4.22. The summed E-state index contributed by atoms with van der Waals surface area (Å²) >= 11 is 0. The van der Waals surface area contributed by atoms with Gasteiger partial charge < -0.3 is 15.8 Å².